The summed E-state index contributed by atoms with van der Waals surface area (Å²) < 4.78 is 0. The Balaban J connectivity index is 2.79. The highest BCUT2D eigenvalue weighted by Gasteiger charge is 2.25. The Labute approximate surface area is 88.9 Å². The van der Waals surface area contributed by atoms with Crippen molar-refractivity contribution in [1.82, 2.24) is 15.1 Å². The summed E-state index contributed by atoms with van der Waals surface area (Å²) in [6.07, 6.45) is 0.923. The third kappa shape index (κ3) is 3.05. The molecule has 7 nitrogen and oxygen atoms in total. The predicted molar refractivity (Wildman–Crippen MR) is 56.7 cm³/mol. The monoisotopic (exact) mass is 215 g/mol. The molecule has 0 bridgehead atoms. The van der Waals surface area contributed by atoms with Crippen molar-refractivity contribution in [2.75, 3.05) is 20.4 Å². The van der Waals surface area contributed by atoms with Gasteiger partial charge in [0.1, 0.15) is 5.10 Å². The highest BCUT2D eigenvalue weighted by Crippen LogP contribution is 2.08. The summed E-state index contributed by atoms with van der Waals surface area (Å²) >= 11 is 0. The molecule has 1 heterocycles. The lowest BCUT2D eigenvalue weighted by atomic mass is 10.2. The van der Waals surface area contributed by atoms with Crippen LogP contribution in [0.25, 0.3) is 0 Å². The van der Waals surface area contributed by atoms with Crippen LogP contribution in [0.2, 0.25) is 0 Å². The maximum Gasteiger partial charge on any atom is 0.273 e. The van der Waals surface area contributed by atoms with E-state index in [0.29, 0.717) is 19.3 Å². The minimum absolute atomic E-state index is 0.235. The topological polar surface area (TPSA) is 74.0 Å². The predicted octanol–water partition coefficient (Wildman–Crippen LogP) is 0.0846. The van der Waals surface area contributed by atoms with Gasteiger partial charge in [0, 0.05) is 6.04 Å². The molecule has 7 heteroatoms. The molecule has 0 aromatic carbocycles. The van der Waals surface area contributed by atoms with E-state index in [1.807, 2.05) is 30.7 Å². The van der Waals surface area contributed by atoms with Crippen LogP contribution in [0.1, 0.15) is 20.3 Å². The molecule has 1 saturated heterocycles. The molecular formula is C8H17N5O2. The zero-order chi connectivity index (χ0) is 11.4. The summed E-state index contributed by atoms with van der Waals surface area (Å²) in [6, 6.07) is 0.235. The minimum atomic E-state index is -0.664. The Bertz CT molecular complexity index is 268. The van der Waals surface area contributed by atoms with Gasteiger partial charge in [0.15, 0.2) is 5.03 Å². The fourth-order valence-corrected chi connectivity index (χ4v) is 1.42. The molecule has 1 aliphatic heterocycles. The lowest BCUT2D eigenvalue weighted by Crippen LogP contribution is -2.58. The van der Waals surface area contributed by atoms with Crippen molar-refractivity contribution >= 4 is 5.96 Å². The Hall–Kier alpha value is -1.37. The van der Waals surface area contributed by atoms with Crippen molar-refractivity contribution in [2.24, 2.45) is 5.10 Å². The van der Waals surface area contributed by atoms with E-state index in [2.05, 4.69) is 10.4 Å². The van der Waals surface area contributed by atoms with Gasteiger partial charge in [-0.1, -0.05) is 6.92 Å². The first-order chi connectivity index (χ1) is 7.04. The number of nitrogens with one attached hydrogen (secondary N) is 1. The quantitative estimate of drug-likeness (QED) is 0.533. The summed E-state index contributed by atoms with van der Waals surface area (Å²) in [6.45, 7) is 5.31. The molecule has 0 aromatic heterocycles. The van der Waals surface area contributed by atoms with Gasteiger partial charge in [0.05, 0.1) is 13.3 Å². The summed E-state index contributed by atoms with van der Waals surface area (Å²) in [7, 11) is 1.95. The van der Waals surface area contributed by atoms with E-state index in [4.69, 9.17) is 0 Å². The number of nitrogens with zero attached hydrogens (tertiary/aromatic N) is 4. The number of guanidine groups is 1. The van der Waals surface area contributed by atoms with E-state index in [9.17, 15) is 10.1 Å². The van der Waals surface area contributed by atoms with E-state index in [0.717, 1.165) is 6.42 Å². The van der Waals surface area contributed by atoms with Gasteiger partial charge < -0.3 is 10.2 Å². The summed E-state index contributed by atoms with van der Waals surface area (Å²) in [5, 5.41) is 16.0. The molecule has 0 radical (unpaired) electrons. The Morgan fingerprint density at radius 2 is 2.40 bits per heavy atom. The minimum Gasteiger partial charge on any atom is -0.338 e. The zero-order valence-corrected chi connectivity index (χ0v) is 9.30. The Kier molecular flexibility index (Phi) is 3.84. The van der Waals surface area contributed by atoms with Crippen LogP contribution >= 0.6 is 0 Å². The Morgan fingerprint density at radius 3 is 2.93 bits per heavy atom. The second-order valence-electron chi connectivity index (χ2n) is 3.72. The first kappa shape index (κ1) is 11.7. The standard InChI is InChI=1S/C8H17N5O2/c1-4-7(2)12-6-11(3)5-9-8(12)10-13(14)15/h7H,4-6H2,1-3H3,(H,9,10)/t7-/m0/s1. The van der Waals surface area contributed by atoms with Crippen LogP contribution in [-0.2, 0) is 0 Å². The van der Waals surface area contributed by atoms with Gasteiger partial charge in [-0.05, 0) is 20.4 Å². The molecule has 1 rings (SSSR count). The normalized spacial score (nSPS) is 22.6. The van der Waals surface area contributed by atoms with Crippen LogP contribution in [0.5, 0.6) is 0 Å². The summed E-state index contributed by atoms with van der Waals surface area (Å²) in [5.41, 5.74) is 0. The molecule has 15 heavy (non-hydrogen) atoms. The van der Waals surface area contributed by atoms with Crippen LogP contribution in [0.15, 0.2) is 5.10 Å². The van der Waals surface area contributed by atoms with Crippen LogP contribution < -0.4 is 5.32 Å². The zero-order valence-electron chi connectivity index (χ0n) is 9.30. The van der Waals surface area contributed by atoms with Crippen LogP contribution in [0.4, 0.5) is 0 Å². The highest BCUT2D eigenvalue weighted by molar-refractivity contribution is 5.80. The molecule has 0 aliphatic carbocycles. The maximum absolute atomic E-state index is 10.3. The number of hydrogen-bond donors (Lipinski definition) is 1. The first-order valence-electron chi connectivity index (χ1n) is 4.96. The van der Waals surface area contributed by atoms with Crippen molar-refractivity contribution in [2.45, 2.75) is 26.3 Å². The SMILES string of the molecule is CC[C@H](C)N1CN(C)CN/C1=N/[N+](=O)[O-]. The average molecular weight is 215 g/mol. The van der Waals surface area contributed by atoms with E-state index in [1.165, 1.54) is 0 Å². The average Bonchev–Trinajstić information content (AvgIpc) is 2.19. The van der Waals surface area contributed by atoms with Gasteiger partial charge in [0.25, 0.3) is 5.96 Å². The van der Waals surface area contributed by atoms with Crippen LogP contribution in [0, 0.1) is 10.1 Å². The van der Waals surface area contributed by atoms with E-state index < -0.39 is 5.03 Å². The number of rotatable bonds is 3. The maximum atomic E-state index is 10.3. The van der Waals surface area contributed by atoms with Crippen molar-refractivity contribution < 1.29 is 5.03 Å². The van der Waals surface area contributed by atoms with Crippen LogP contribution in [0.3, 0.4) is 0 Å². The van der Waals surface area contributed by atoms with Gasteiger partial charge in [0.2, 0.25) is 0 Å². The first-order valence-corrected chi connectivity index (χ1v) is 4.96. The molecule has 0 unspecified atom stereocenters. The molecule has 0 amide bonds. The van der Waals surface area contributed by atoms with Gasteiger partial charge in [-0.3, -0.25) is 4.90 Å². The fraction of sp³-hybridized carbons (Fsp3) is 0.875. The lowest BCUT2D eigenvalue weighted by molar-refractivity contribution is -0.486. The molecule has 86 valence electrons. The fourth-order valence-electron chi connectivity index (χ4n) is 1.42. The number of nitro groups is 1. The summed E-state index contributed by atoms with van der Waals surface area (Å²) in [5.74, 6) is 0.354. The van der Waals surface area contributed by atoms with E-state index in [-0.39, 0.29) is 6.04 Å². The number of hydrogen-bond acceptors (Lipinski definition) is 3. The molecule has 1 N–H and O–H groups in total. The molecule has 0 saturated carbocycles. The molecule has 1 aliphatic rings. The summed E-state index contributed by atoms with van der Waals surface area (Å²) in [4.78, 5) is 14.3. The van der Waals surface area contributed by atoms with Crippen molar-refractivity contribution in [3.8, 4) is 0 Å². The van der Waals surface area contributed by atoms with Gasteiger partial charge in [-0.2, -0.15) is 0 Å². The van der Waals surface area contributed by atoms with Crippen molar-refractivity contribution in [3.63, 3.8) is 0 Å². The van der Waals surface area contributed by atoms with E-state index >= 15 is 0 Å². The Morgan fingerprint density at radius 1 is 1.73 bits per heavy atom. The molecule has 0 aromatic rings. The molecular weight excluding hydrogens is 198 g/mol. The molecule has 1 atom stereocenters. The molecule has 0 spiro atoms. The second-order valence-corrected chi connectivity index (χ2v) is 3.72. The third-order valence-electron chi connectivity index (χ3n) is 2.47. The lowest BCUT2D eigenvalue weighted by Gasteiger charge is -2.38. The largest absolute Gasteiger partial charge is 0.338 e. The van der Waals surface area contributed by atoms with E-state index in [1.54, 1.807) is 0 Å². The van der Waals surface area contributed by atoms with Gasteiger partial charge in [-0.25, -0.2) is 10.1 Å². The van der Waals surface area contributed by atoms with Gasteiger partial charge in [-0.15, -0.1) is 0 Å². The third-order valence-corrected chi connectivity index (χ3v) is 2.47. The van der Waals surface area contributed by atoms with Crippen LogP contribution in [-0.4, -0.2) is 47.2 Å². The van der Waals surface area contributed by atoms with Gasteiger partial charge >= 0.3 is 0 Å². The van der Waals surface area contributed by atoms with Crippen molar-refractivity contribution in [3.05, 3.63) is 10.1 Å². The highest BCUT2D eigenvalue weighted by atomic mass is 16.7. The number of hydrazone groups is 1. The molecule has 1 fully saturated rings. The smallest absolute Gasteiger partial charge is 0.273 e. The second kappa shape index (κ2) is 4.92. The van der Waals surface area contributed by atoms with Crippen molar-refractivity contribution in [1.29, 1.82) is 0 Å².